The number of rotatable bonds is 4. The van der Waals surface area contributed by atoms with Crippen LogP contribution >= 0.6 is 0 Å². The molecule has 27 heavy (non-hydrogen) atoms. The third-order valence-corrected chi connectivity index (χ3v) is 4.08. The molecule has 0 spiro atoms. The van der Waals surface area contributed by atoms with Gasteiger partial charge in [0.2, 0.25) is 0 Å². The molecule has 0 aliphatic carbocycles. The van der Waals surface area contributed by atoms with Crippen LogP contribution < -0.4 is 19.5 Å². The quantitative estimate of drug-likeness (QED) is 0.715. The lowest BCUT2D eigenvalue weighted by atomic mass is 10.0. The molecule has 0 saturated heterocycles. The Morgan fingerprint density at radius 3 is 2.67 bits per heavy atom. The number of halogens is 2. The third kappa shape index (κ3) is 3.23. The van der Waals surface area contributed by atoms with Crippen LogP contribution in [0.5, 0.6) is 17.2 Å². The molecule has 0 saturated carbocycles. The lowest BCUT2D eigenvalue weighted by Crippen LogP contribution is -2.25. The van der Waals surface area contributed by atoms with E-state index in [-0.39, 0.29) is 11.5 Å². The number of alkyl halides is 2. The number of fused-ring (bicyclic) bond motifs is 2. The van der Waals surface area contributed by atoms with Crippen molar-refractivity contribution < 1.29 is 27.8 Å². The molecule has 0 aromatic heterocycles. The molecule has 3 aromatic rings. The minimum Gasteiger partial charge on any atom is -0.493 e. The summed E-state index contributed by atoms with van der Waals surface area (Å²) in [6.07, 6.45) is -3.71. The van der Waals surface area contributed by atoms with Gasteiger partial charge in [0.25, 0.3) is 5.91 Å². The lowest BCUT2D eigenvalue weighted by Gasteiger charge is -2.13. The molecular formula is C20H15F2NO4. The van der Waals surface area contributed by atoms with Crippen molar-refractivity contribution in [2.24, 2.45) is 0 Å². The van der Waals surface area contributed by atoms with Gasteiger partial charge in [0.05, 0.1) is 12.2 Å². The molecule has 1 heterocycles. The van der Waals surface area contributed by atoms with Gasteiger partial charge in [0.1, 0.15) is 5.75 Å². The summed E-state index contributed by atoms with van der Waals surface area (Å²) in [6.45, 7) is 2.23. The highest BCUT2D eigenvalue weighted by atomic mass is 19.3. The first-order valence-corrected chi connectivity index (χ1v) is 8.32. The van der Waals surface area contributed by atoms with Crippen molar-refractivity contribution in [1.29, 1.82) is 0 Å². The van der Waals surface area contributed by atoms with Crippen LogP contribution in [0.15, 0.2) is 54.6 Å². The second kappa shape index (κ2) is 6.42. The summed E-state index contributed by atoms with van der Waals surface area (Å²) >= 11 is 0. The molecule has 5 nitrogen and oxygen atoms in total. The first kappa shape index (κ1) is 17.1. The Labute approximate surface area is 153 Å². The van der Waals surface area contributed by atoms with E-state index < -0.39 is 12.2 Å². The van der Waals surface area contributed by atoms with Gasteiger partial charge >= 0.3 is 6.29 Å². The molecule has 0 fully saturated rings. The van der Waals surface area contributed by atoms with Crippen molar-refractivity contribution in [2.75, 3.05) is 11.9 Å². The van der Waals surface area contributed by atoms with Gasteiger partial charge in [-0.25, -0.2) is 0 Å². The fourth-order valence-corrected chi connectivity index (χ4v) is 2.98. The second-order valence-corrected chi connectivity index (χ2v) is 5.88. The van der Waals surface area contributed by atoms with Crippen molar-refractivity contribution in [3.05, 3.63) is 60.2 Å². The normalized spacial score (nSPS) is 14.2. The van der Waals surface area contributed by atoms with Gasteiger partial charge in [-0.2, -0.15) is 0 Å². The molecule has 0 unspecified atom stereocenters. The zero-order chi connectivity index (χ0) is 19.0. The average Bonchev–Trinajstić information content (AvgIpc) is 2.94. The SMILES string of the molecule is CCOc1ccc2ccccc2c1C(=O)Nc1ccc2c(c1)OC(F)(F)O2. The molecule has 1 aliphatic heterocycles. The van der Waals surface area contributed by atoms with Gasteiger partial charge in [-0.15, -0.1) is 8.78 Å². The maximum absolute atomic E-state index is 13.2. The Bertz CT molecular complexity index is 1040. The molecule has 0 bridgehead atoms. The van der Waals surface area contributed by atoms with E-state index in [9.17, 15) is 13.6 Å². The summed E-state index contributed by atoms with van der Waals surface area (Å²) in [5.74, 6) is -0.194. The van der Waals surface area contributed by atoms with Crippen LogP contribution in [0.25, 0.3) is 10.8 Å². The number of anilines is 1. The number of carbonyl (C=O) groups is 1. The topological polar surface area (TPSA) is 56.8 Å². The van der Waals surface area contributed by atoms with Crippen LogP contribution in [0.1, 0.15) is 17.3 Å². The van der Waals surface area contributed by atoms with E-state index in [2.05, 4.69) is 14.8 Å². The van der Waals surface area contributed by atoms with E-state index in [1.807, 2.05) is 37.3 Å². The van der Waals surface area contributed by atoms with Crippen LogP contribution in [0.2, 0.25) is 0 Å². The predicted octanol–water partition coefficient (Wildman–Crippen LogP) is 4.81. The van der Waals surface area contributed by atoms with E-state index in [4.69, 9.17) is 4.74 Å². The number of hydrogen-bond donors (Lipinski definition) is 1. The predicted molar refractivity (Wildman–Crippen MR) is 95.7 cm³/mol. The highest BCUT2D eigenvalue weighted by Gasteiger charge is 2.43. The average molecular weight is 371 g/mol. The fraction of sp³-hybridized carbons (Fsp3) is 0.150. The highest BCUT2D eigenvalue weighted by Crippen LogP contribution is 2.42. The van der Waals surface area contributed by atoms with E-state index in [0.29, 0.717) is 23.6 Å². The van der Waals surface area contributed by atoms with Crippen molar-refractivity contribution in [3.8, 4) is 17.2 Å². The first-order valence-electron chi connectivity index (χ1n) is 8.32. The maximum Gasteiger partial charge on any atom is 0.586 e. The molecule has 4 rings (SSSR count). The summed E-state index contributed by atoms with van der Waals surface area (Å²) in [5, 5.41) is 4.32. The monoisotopic (exact) mass is 371 g/mol. The molecule has 1 amide bonds. The van der Waals surface area contributed by atoms with Crippen LogP contribution in [0, 0.1) is 0 Å². The molecule has 1 aliphatic rings. The molecule has 1 N–H and O–H groups in total. The molecule has 0 radical (unpaired) electrons. The Hall–Kier alpha value is -3.35. The van der Waals surface area contributed by atoms with Crippen LogP contribution in [-0.4, -0.2) is 18.8 Å². The first-order chi connectivity index (χ1) is 13.0. The number of benzene rings is 3. The van der Waals surface area contributed by atoms with E-state index >= 15 is 0 Å². The largest absolute Gasteiger partial charge is 0.586 e. The summed E-state index contributed by atoms with van der Waals surface area (Å²) in [5.41, 5.74) is 0.674. The molecule has 3 aromatic carbocycles. The van der Waals surface area contributed by atoms with Gasteiger partial charge in [-0.3, -0.25) is 4.79 Å². The van der Waals surface area contributed by atoms with Gasteiger partial charge in [0.15, 0.2) is 11.5 Å². The third-order valence-electron chi connectivity index (χ3n) is 4.08. The van der Waals surface area contributed by atoms with Crippen LogP contribution in [0.3, 0.4) is 0 Å². The number of carbonyl (C=O) groups excluding carboxylic acids is 1. The summed E-state index contributed by atoms with van der Waals surface area (Å²) in [7, 11) is 0. The van der Waals surface area contributed by atoms with Crippen molar-refractivity contribution in [2.45, 2.75) is 13.2 Å². The summed E-state index contributed by atoms with van der Waals surface area (Å²) in [4.78, 5) is 12.9. The van der Waals surface area contributed by atoms with Crippen molar-refractivity contribution in [3.63, 3.8) is 0 Å². The molecule has 0 atom stereocenters. The van der Waals surface area contributed by atoms with Gasteiger partial charge in [-0.05, 0) is 35.9 Å². The number of amides is 1. The Balaban J connectivity index is 1.69. The smallest absolute Gasteiger partial charge is 0.493 e. The van der Waals surface area contributed by atoms with Crippen molar-refractivity contribution in [1.82, 2.24) is 0 Å². The summed E-state index contributed by atoms with van der Waals surface area (Å²) in [6, 6.07) is 15.1. The second-order valence-electron chi connectivity index (χ2n) is 5.88. The van der Waals surface area contributed by atoms with E-state index in [1.54, 1.807) is 6.07 Å². The summed E-state index contributed by atoms with van der Waals surface area (Å²) < 4.78 is 40.7. The number of hydrogen-bond acceptors (Lipinski definition) is 4. The number of nitrogens with one attached hydrogen (secondary N) is 1. The standard InChI is InChI=1S/C20H15F2NO4/c1-2-25-16-9-7-12-5-3-4-6-14(12)18(16)19(24)23-13-8-10-15-17(11-13)27-20(21,22)26-15/h3-11H,2H2,1H3,(H,23,24). The van der Waals surface area contributed by atoms with E-state index in [1.165, 1.54) is 18.2 Å². The van der Waals surface area contributed by atoms with Crippen LogP contribution in [0.4, 0.5) is 14.5 Å². The minimum absolute atomic E-state index is 0.0850. The van der Waals surface area contributed by atoms with Crippen LogP contribution in [-0.2, 0) is 0 Å². The molecule has 7 heteroatoms. The van der Waals surface area contributed by atoms with Gasteiger partial charge < -0.3 is 19.5 Å². The molecule has 138 valence electrons. The molecular weight excluding hydrogens is 356 g/mol. The fourth-order valence-electron chi connectivity index (χ4n) is 2.98. The minimum atomic E-state index is -3.71. The Kier molecular flexibility index (Phi) is 4.07. The van der Waals surface area contributed by atoms with E-state index in [0.717, 1.165) is 10.8 Å². The maximum atomic E-state index is 13.2. The Morgan fingerprint density at radius 2 is 1.85 bits per heavy atom. The number of ether oxygens (including phenoxy) is 3. The highest BCUT2D eigenvalue weighted by molar-refractivity contribution is 6.15. The van der Waals surface area contributed by atoms with Gasteiger partial charge in [-0.1, -0.05) is 30.3 Å². The lowest BCUT2D eigenvalue weighted by molar-refractivity contribution is -0.286. The van der Waals surface area contributed by atoms with Gasteiger partial charge in [0, 0.05) is 11.8 Å². The van der Waals surface area contributed by atoms with Crippen molar-refractivity contribution >= 4 is 22.4 Å². The Morgan fingerprint density at radius 1 is 1.07 bits per heavy atom. The zero-order valence-corrected chi connectivity index (χ0v) is 14.3. The zero-order valence-electron chi connectivity index (χ0n) is 14.3.